The van der Waals surface area contributed by atoms with Crippen LogP contribution in [0.1, 0.15) is 22.3 Å². The quantitative estimate of drug-likeness (QED) is 0.878. The van der Waals surface area contributed by atoms with Crippen molar-refractivity contribution in [2.24, 2.45) is 0 Å². The second-order valence-corrected chi connectivity index (χ2v) is 8.55. The van der Waals surface area contributed by atoms with E-state index in [9.17, 15) is 13.2 Å². The summed E-state index contributed by atoms with van der Waals surface area (Å²) in [6.45, 7) is 0.680. The highest BCUT2D eigenvalue weighted by molar-refractivity contribution is 7.91. The Kier molecular flexibility index (Phi) is 5.03. The molecule has 1 atom stereocenters. The molecule has 1 amide bonds. The molecule has 0 bridgehead atoms. The molecular weight excluding hydrogens is 338 g/mol. The maximum absolute atomic E-state index is 12.4. The van der Waals surface area contributed by atoms with E-state index in [1.165, 1.54) is 0 Å². The van der Waals surface area contributed by atoms with Crippen LogP contribution in [0.25, 0.3) is 0 Å². The molecular formula is C18H21N3O3S. The van der Waals surface area contributed by atoms with Crippen molar-refractivity contribution in [2.45, 2.75) is 19.0 Å². The first-order chi connectivity index (χ1) is 11.9. The van der Waals surface area contributed by atoms with Gasteiger partial charge in [-0.3, -0.25) is 4.79 Å². The summed E-state index contributed by atoms with van der Waals surface area (Å²) in [5.41, 5.74) is 1.63. The summed E-state index contributed by atoms with van der Waals surface area (Å²) in [5, 5.41) is 2.80. The first-order valence-corrected chi connectivity index (χ1v) is 9.97. The van der Waals surface area contributed by atoms with Gasteiger partial charge in [-0.2, -0.15) is 0 Å². The van der Waals surface area contributed by atoms with Gasteiger partial charge in [0.2, 0.25) is 0 Å². The Bertz CT molecular complexity index is 853. The van der Waals surface area contributed by atoms with Gasteiger partial charge in [0, 0.05) is 31.4 Å². The highest BCUT2D eigenvalue weighted by Crippen LogP contribution is 2.16. The molecule has 1 fully saturated rings. The molecule has 2 heterocycles. The van der Waals surface area contributed by atoms with Crippen LogP contribution in [0.5, 0.6) is 0 Å². The first kappa shape index (κ1) is 17.4. The number of hydrogen-bond donors (Lipinski definition) is 1. The number of benzene rings is 1. The van der Waals surface area contributed by atoms with Crippen LogP contribution >= 0.6 is 0 Å². The minimum atomic E-state index is -3.01. The van der Waals surface area contributed by atoms with Gasteiger partial charge in [0.1, 0.15) is 5.82 Å². The van der Waals surface area contributed by atoms with Crippen LogP contribution in [0.2, 0.25) is 0 Å². The third-order valence-corrected chi connectivity index (χ3v) is 6.00. The van der Waals surface area contributed by atoms with Crippen LogP contribution in [0.15, 0.2) is 48.7 Å². The van der Waals surface area contributed by atoms with E-state index in [2.05, 4.69) is 10.3 Å². The summed E-state index contributed by atoms with van der Waals surface area (Å²) < 4.78 is 23.0. The second kappa shape index (κ2) is 7.23. The zero-order valence-corrected chi connectivity index (χ0v) is 14.9. The van der Waals surface area contributed by atoms with E-state index in [-0.39, 0.29) is 23.5 Å². The van der Waals surface area contributed by atoms with E-state index in [4.69, 9.17) is 0 Å². The van der Waals surface area contributed by atoms with E-state index in [0.717, 1.165) is 5.56 Å². The summed E-state index contributed by atoms with van der Waals surface area (Å²) in [7, 11) is -1.10. The second-order valence-electron chi connectivity index (χ2n) is 6.32. The number of carbonyl (C=O) groups excluding carboxylic acids is 1. The van der Waals surface area contributed by atoms with Crippen molar-refractivity contribution in [2.75, 3.05) is 23.5 Å². The standard InChI is InChI=1S/C18H21N3O3S/c1-21(12-14-5-3-2-4-6-14)17-11-15(7-9-19-17)18(22)20-16-8-10-25(23,24)13-16/h2-7,9,11,16H,8,10,12-13H2,1H3,(H,20,22). The fourth-order valence-electron chi connectivity index (χ4n) is 2.88. The van der Waals surface area contributed by atoms with Gasteiger partial charge in [-0.25, -0.2) is 13.4 Å². The summed E-state index contributed by atoms with van der Waals surface area (Å²) >= 11 is 0. The average molecular weight is 359 g/mol. The lowest BCUT2D eigenvalue weighted by Gasteiger charge is -2.19. The van der Waals surface area contributed by atoms with Crippen LogP contribution in [0.4, 0.5) is 5.82 Å². The number of carbonyl (C=O) groups is 1. The molecule has 0 saturated carbocycles. The van der Waals surface area contributed by atoms with E-state index in [0.29, 0.717) is 24.3 Å². The molecule has 132 valence electrons. The van der Waals surface area contributed by atoms with E-state index < -0.39 is 9.84 Å². The lowest BCUT2D eigenvalue weighted by Crippen LogP contribution is -2.35. The molecule has 1 aliphatic heterocycles. The monoisotopic (exact) mass is 359 g/mol. The van der Waals surface area contributed by atoms with Gasteiger partial charge in [0.15, 0.2) is 9.84 Å². The predicted molar refractivity (Wildman–Crippen MR) is 97.3 cm³/mol. The number of rotatable bonds is 5. The van der Waals surface area contributed by atoms with Gasteiger partial charge in [-0.05, 0) is 24.1 Å². The smallest absolute Gasteiger partial charge is 0.251 e. The van der Waals surface area contributed by atoms with Crippen molar-refractivity contribution in [3.05, 3.63) is 59.8 Å². The molecule has 1 saturated heterocycles. The molecule has 6 nitrogen and oxygen atoms in total. The zero-order valence-electron chi connectivity index (χ0n) is 14.1. The van der Waals surface area contributed by atoms with Crippen molar-refractivity contribution in [1.29, 1.82) is 0 Å². The Morgan fingerprint density at radius 1 is 1.28 bits per heavy atom. The van der Waals surface area contributed by atoms with E-state index in [1.807, 2.05) is 42.3 Å². The van der Waals surface area contributed by atoms with Crippen LogP contribution in [-0.4, -0.2) is 43.9 Å². The fourth-order valence-corrected chi connectivity index (χ4v) is 4.56. The van der Waals surface area contributed by atoms with Gasteiger partial charge < -0.3 is 10.2 Å². The fraction of sp³-hybridized carbons (Fsp3) is 0.333. The van der Waals surface area contributed by atoms with Crippen LogP contribution in [0.3, 0.4) is 0 Å². The van der Waals surface area contributed by atoms with Gasteiger partial charge in [0.05, 0.1) is 11.5 Å². The maximum atomic E-state index is 12.4. The average Bonchev–Trinajstić information content (AvgIpc) is 2.94. The third-order valence-electron chi connectivity index (χ3n) is 4.23. The molecule has 3 rings (SSSR count). The Hall–Kier alpha value is -2.41. The molecule has 7 heteroatoms. The molecule has 1 aromatic heterocycles. The van der Waals surface area contributed by atoms with Crippen LogP contribution in [0, 0.1) is 0 Å². The molecule has 25 heavy (non-hydrogen) atoms. The van der Waals surface area contributed by atoms with Gasteiger partial charge >= 0.3 is 0 Å². The first-order valence-electron chi connectivity index (χ1n) is 8.15. The lowest BCUT2D eigenvalue weighted by molar-refractivity contribution is 0.0941. The van der Waals surface area contributed by atoms with Gasteiger partial charge in [-0.1, -0.05) is 30.3 Å². The number of hydrogen-bond acceptors (Lipinski definition) is 5. The summed E-state index contributed by atoms with van der Waals surface area (Å²) in [6, 6.07) is 13.1. The van der Waals surface area contributed by atoms with Crippen molar-refractivity contribution in [3.63, 3.8) is 0 Å². The number of amides is 1. The van der Waals surface area contributed by atoms with Gasteiger partial charge in [0.25, 0.3) is 5.91 Å². The minimum Gasteiger partial charge on any atom is -0.355 e. The van der Waals surface area contributed by atoms with Crippen LogP contribution in [-0.2, 0) is 16.4 Å². The highest BCUT2D eigenvalue weighted by atomic mass is 32.2. The lowest BCUT2D eigenvalue weighted by atomic mass is 10.2. The predicted octanol–water partition coefficient (Wildman–Crippen LogP) is 1.63. The summed E-state index contributed by atoms with van der Waals surface area (Å²) in [5.74, 6) is 0.582. The molecule has 1 aromatic carbocycles. The summed E-state index contributed by atoms with van der Waals surface area (Å²) in [6.07, 6.45) is 2.07. The molecule has 0 spiro atoms. The van der Waals surface area contributed by atoms with E-state index >= 15 is 0 Å². The Morgan fingerprint density at radius 3 is 2.72 bits per heavy atom. The topological polar surface area (TPSA) is 79.4 Å². The molecule has 1 aliphatic rings. The zero-order chi connectivity index (χ0) is 17.9. The number of anilines is 1. The number of nitrogens with zero attached hydrogens (tertiary/aromatic N) is 2. The van der Waals surface area contributed by atoms with Gasteiger partial charge in [-0.15, -0.1) is 0 Å². The molecule has 2 aromatic rings. The van der Waals surface area contributed by atoms with E-state index in [1.54, 1.807) is 18.3 Å². The normalized spacial score (nSPS) is 18.7. The summed E-state index contributed by atoms with van der Waals surface area (Å²) in [4.78, 5) is 18.7. The largest absolute Gasteiger partial charge is 0.355 e. The number of sulfone groups is 1. The maximum Gasteiger partial charge on any atom is 0.251 e. The van der Waals surface area contributed by atoms with Crippen molar-refractivity contribution in [1.82, 2.24) is 10.3 Å². The molecule has 0 aliphatic carbocycles. The number of pyridine rings is 1. The molecule has 0 radical (unpaired) electrons. The van der Waals surface area contributed by atoms with Crippen LogP contribution < -0.4 is 10.2 Å². The van der Waals surface area contributed by atoms with Crippen molar-refractivity contribution >= 4 is 21.6 Å². The molecule has 1 N–H and O–H groups in total. The molecule has 1 unspecified atom stereocenters. The Labute approximate surface area is 147 Å². The Balaban J connectivity index is 1.67. The number of aromatic nitrogens is 1. The SMILES string of the molecule is CN(Cc1ccccc1)c1cc(C(=O)NC2CCS(=O)(=O)C2)ccn1. The van der Waals surface area contributed by atoms with Crippen molar-refractivity contribution in [3.8, 4) is 0 Å². The van der Waals surface area contributed by atoms with Crippen molar-refractivity contribution < 1.29 is 13.2 Å². The number of nitrogens with one attached hydrogen (secondary N) is 1. The highest BCUT2D eigenvalue weighted by Gasteiger charge is 2.29. The Morgan fingerprint density at radius 2 is 2.04 bits per heavy atom. The third kappa shape index (κ3) is 4.57. The minimum absolute atomic E-state index is 0.0184.